The summed E-state index contributed by atoms with van der Waals surface area (Å²) in [7, 11) is 0. The number of para-hydroxylation sites is 1. The zero-order valence-corrected chi connectivity index (χ0v) is 14.3. The molecule has 3 heterocycles. The molecule has 0 bridgehead atoms. The largest absolute Gasteiger partial charge is 0.320 e. The van der Waals surface area contributed by atoms with Crippen molar-refractivity contribution in [2.24, 2.45) is 0 Å². The Morgan fingerprint density at radius 3 is 2.80 bits per heavy atom. The fourth-order valence-corrected chi connectivity index (χ4v) is 3.65. The van der Waals surface area contributed by atoms with Gasteiger partial charge >= 0.3 is 0 Å². The van der Waals surface area contributed by atoms with Crippen molar-refractivity contribution >= 4 is 17.2 Å². The van der Waals surface area contributed by atoms with Gasteiger partial charge in [-0.1, -0.05) is 24.3 Å². The molecular weight excluding hydrogens is 312 g/mol. The highest BCUT2D eigenvalue weighted by molar-refractivity contribution is 6.04. The van der Waals surface area contributed by atoms with Crippen molar-refractivity contribution in [3.8, 4) is 0 Å². The Morgan fingerprint density at radius 1 is 1.16 bits per heavy atom. The van der Waals surface area contributed by atoms with Crippen LogP contribution in [0.2, 0.25) is 0 Å². The van der Waals surface area contributed by atoms with Gasteiger partial charge in [-0.2, -0.15) is 0 Å². The molecule has 25 heavy (non-hydrogen) atoms. The molecule has 1 amide bonds. The standard InChI is InChI=1S/C20H22N4O/c1-14-5-4-8-19-22-13-18(24(14)19)20(25)23-17-7-3-2-6-16(17)15-9-11-21-12-10-15/h2-8,13,15,21H,9-12H2,1H3,(H,23,25). The molecule has 2 N–H and O–H groups in total. The van der Waals surface area contributed by atoms with E-state index in [0.717, 1.165) is 43.0 Å². The number of hydrogen-bond acceptors (Lipinski definition) is 3. The third kappa shape index (κ3) is 3.03. The Labute approximate surface area is 147 Å². The minimum absolute atomic E-state index is 0.122. The predicted octanol–water partition coefficient (Wildman–Crippen LogP) is 3.36. The lowest BCUT2D eigenvalue weighted by Gasteiger charge is -2.25. The Balaban J connectivity index is 1.65. The van der Waals surface area contributed by atoms with Crippen LogP contribution in [0, 0.1) is 6.92 Å². The minimum atomic E-state index is -0.122. The third-order valence-corrected chi connectivity index (χ3v) is 4.95. The zero-order valence-electron chi connectivity index (χ0n) is 14.3. The average Bonchev–Trinajstić information content (AvgIpc) is 3.09. The van der Waals surface area contributed by atoms with Gasteiger partial charge in [0.15, 0.2) is 0 Å². The maximum Gasteiger partial charge on any atom is 0.274 e. The van der Waals surface area contributed by atoms with Crippen LogP contribution in [0.4, 0.5) is 5.69 Å². The molecule has 0 saturated carbocycles. The summed E-state index contributed by atoms with van der Waals surface area (Å²) in [5, 5.41) is 6.50. The molecule has 128 valence electrons. The van der Waals surface area contributed by atoms with E-state index in [1.54, 1.807) is 6.20 Å². The van der Waals surface area contributed by atoms with Crippen molar-refractivity contribution in [1.82, 2.24) is 14.7 Å². The Kier molecular flexibility index (Phi) is 4.24. The highest BCUT2D eigenvalue weighted by Crippen LogP contribution is 2.31. The van der Waals surface area contributed by atoms with E-state index in [-0.39, 0.29) is 5.91 Å². The van der Waals surface area contributed by atoms with Crippen LogP contribution < -0.4 is 10.6 Å². The lowest BCUT2D eigenvalue weighted by molar-refractivity contribution is 0.102. The smallest absolute Gasteiger partial charge is 0.274 e. The maximum atomic E-state index is 12.9. The SMILES string of the molecule is Cc1cccc2ncc(C(=O)Nc3ccccc3C3CCNCC3)n12. The molecule has 2 aromatic heterocycles. The van der Waals surface area contributed by atoms with Crippen LogP contribution in [-0.2, 0) is 0 Å². The number of piperidine rings is 1. The number of pyridine rings is 1. The van der Waals surface area contributed by atoms with E-state index in [1.165, 1.54) is 5.56 Å². The normalized spacial score (nSPS) is 15.4. The molecule has 3 aromatic rings. The van der Waals surface area contributed by atoms with Crippen molar-refractivity contribution in [2.45, 2.75) is 25.7 Å². The lowest BCUT2D eigenvalue weighted by atomic mass is 9.89. The molecule has 0 atom stereocenters. The van der Waals surface area contributed by atoms with E-state index < -0.39 is 0 Å². The van der Waals surface area contributed by atoms with Gasteiger partial charge in [-0.25, -0.2) is 4.98 Å². The van der Waals surface area contributed by atoms with Gasteiger partial charge in [0.05, 0.1) is 6.20 Å². The van der Waals surface area contributed by atoms with E-state index >= 15 is 0 Å². The summed E-state index contributed by atoms with van der Waals surface area (Å²) in [5.74, 6) is 0.366. The first-order valence-electron chi connectivity index (χ1n) is 8.78. The first-order chi connectivity index (χ1) is 12.2. The van der Waals surface area contributed by atoms with Crippen LogP contribution in [0.5, 0.6) is 0 Å². The summed E-state index contributed by atoms with van der Waals surface area (Å²) < 4.78 is 1.89. The summed E-state index contributed by atoms with van der Waals surface area (Å²) >= 11 is 0. The molecule has 1 aliphatic heterocycles. The Bertz CT molecular complexity index is 909. The number of amides is 1. The molecule has 5 heteroatoms. The molecular formula is C20H22N4O. The number of rotatable bonds is 3. The quantitative estimate of drug-likeness (QED) is 0.772. The Hall–Kier alpha value is -2.66. The van der Waals surface area contributed by atoms with Crippen molar-refractivity contribution in [1.29, 1.82) is 0 Å². The van der Waals surface area contributed by atoms with Crippen LogP contribution in [0.3, 0.4) is 0 Å². The molecule has 1 fully saturated rings. The lowest BCUT2D eigenvalue weighted by Crippen LogP contribution is -2.27. The maximum absolute atomic E-state index is 12.9. The van der Waals surface area contributed by atoms with Gasteiger partial charge in [-0.3, -0.25) is 9.20 Å². The second-order valence-electron chi connectivity index (χ2n) is 6.57. The zero-order chi connectivity index (χ0) is 17.2. The third-order valence-electron chi connectivity index (χ3n) is 4.95. The van der Waals surface area contributed by atoms with Crippen LogP contribution in [0.25, 0.3) is 5.65 Å². The number of hydrogen-bond donors (Lipinski definition) is 2. The van der Waals surface area contributed by atoms with Gasteiger partial charge in [0.1, 0.15) is 11.3 Å². The number of carbonyl (C=O) groups excluding carboxylic acids is 1. The number of aromatic nitrogens is 2. The first-order valence-corrected chi connectivity index (χ1v) is 8.78. The summed E-state index contributed by atoms with van der Waals surface area (Å²) in [6, 6.07) is 14.0. The number of imidazole rings is 1. The van der Waals surface area contributed by atoms with Gasteiger partial charge in [0.25, 0.3) is 5.91 Å². The number of nitrogens with one attached hydrogen (secondary N) is 2. The fraction of sp³-hybridized carbons (Fsp3) is 0.300. The van der Waals surface area contributed by atoms with Crippen molar-refractivity contribution in [3.63, 3.8) is 0 Å². The number of nitrogens with zero attached hydrogens (tertiary/aromatic N) is 2. The molecule has 0 aliphatic carbocycles. The van der Waals surface area contributed by atoms with E-state index in [0.29, 0.717) is 11.6 Å². The Morgan fingerprint density at radius 2 is 1.96 bits per heavy atom. The molecule has 1 aromatic carbocycles. The van der Waals surface area contributed by atoms with E-state index in [4.69, 9.17) is 0 Å². The number of carbonyl (C=O) groups is 1. The molecule has 1 saturated heterocycles. The molecule has 5 nitrogen and oxygen atoms in total. The van der Waals surface area contributed by atoms with Gasteiger partial charge in [0.2, 0.25) is 0 Å². The topological polar surface area (TPSA) is 58.4 Å². The summed E-state index contributed by atoms with van der Waals surface area (Å²) in [6.45, 7) is 4.03. The van der Waals surface area contributed by atoms with Gasteiger partial charge in [-0.15, -0.1) is 0 Å². The predicted molar refractivity (Wildman–Crippen MR) is 99.2 cm³/mol. The van der Waals surface area contributed by atoms with Crippen LogP contribution in [-0.4, -0.2) is 28.4 Å². The number of fused-ring (bicyclic) bond motifs is 1. The van der Waals surface area contributed by atoms with Crippen LogP contribution in [0.15, 0.2) is 48.7 Å². The van der Waals surface area contributed by atoms with Crippen LogP contribution in [0.1, 0.15) is 40.5 Å². The van der Waals surface area contributed by atoms with Crippen molar-refractivity contribution in [2.75, 3.05) is 18.4 Å². The second kappa shape index (κ2) is 6.69. The van der Waals surface area contributed by atoms with Gasteiger partial charge < -0.3 is 10.6 Å². The number of aryl methyl sites for hydroxylation is 1. The molecule has 1 aliphatic rings. The molecule has 0 spiro atoms. The van der Waals surface area contributed by atoms with E-state index in [1.807, 2.05) is 47.7 Å². The van der Waals surface area contributed by atoms with Crippen LogP contribution >= 0.6 is 0 Å². The minimum Gasteiger partial charge on any atom is -0.320 e. The van der Waals surface area contributed by atoms with E-state index in [2.05, 4.69) is 21.7 Å². The molecule has 0 unspecified atom stereocenters. The summed E-state index contributed by atoms with van der Waals surface area (Å²) in [4.78, 5) is 17.2. The van der Waals surface area contributed by atoms with Crippen molar-refractivity contribution < 1.29 is 4.79 Å². The van der Waals surface area contributed by atoms with Crippen molar-refractivity contribution in [3.05, 3.63) is 65.6 Å². The van der Waals surface area contributed by atoms with E-state index in [9.17, 15) is 4.79 Å². The molecule has 0 radical (unpaired) electrons. The summed E-state index contributed by atoms with van der Waals surface area (Å²) in [6.07, 6.45) is 3.84. The number of benzene rings is 1. The van der Waals surface area contributed by atoms with Gasteiger partial charge in [-0.05, 0) is 62.5 Å². The average molecular weight is 334 g/mol. The first kappa shape index (κ1) is 15.8. The molecule has 4 rings (SSSR count). The van der Waals surface area contributed by atoms with Gasteiger partial charge in [0, 0.05) is 11.4 Å². The highest BCUT2D eigenvalue weighted by atomic mass is 16.1. The monoisotopic (exact) mass is 334 g/mol. The summed E-state index contributed by atoms with van der Waals surface area (Å²) in [5.41, 5.74) is 4.47. The number of anilines is 1. The highest BCUT2D eigenvalue weighted by Gasteiger charge is 2.20. The second-order valence-corrected chi connectivity index (χ2v) is 6.57. The fourth-order valence-electron chi connectivity index (χ4n) is 3.65.